The molecule has 1 saturated heterocycles. The van der Waals surface area contributed by atoms with Gasteiger partial charge in [0.2, 0.25) is 15.9 Å². The Labute approximate surface area is 213 Å². The molecule has 0 atom stereocenters. The molecule has 4 rings (SSSR count). The Bertz CT molecular complexity index is 1460. The Morgan fingerprint density at radius 3 is 2.51 bits per heavy atom. The first-order chi connectivity index (χ1) is 17.5. The van der Waals surface area contributed by atoms with Crippen LogP contribution in [0.5, 0.6) is 11.6 Å². The number of nitro groups is 1. The minimum Gasteiger partial charge on any atom is -0.437 e. The molecule has 0 spiro atoms. The van der Waals surface area contributed by atoms with Crippen molar-refractivity contribution in [3.63, 3.8) is 0 Å². The maximum Gasteiger partial charge on any atom is 0.274 e. The monoisotopic (exact) mass is 531 g/mol. The van der Waals surface area contributed by atoms with Crippen LogP contribution < -0.4 is 9.46 Å². The van der Waals surface area contributed by atoms with Crippen LogP contribution in [0, 0.1) is 22.9 Å². The average molecular weight is 532 g/mol. The number of ether oxygens (including phenoxy) is 1. The Hall–Kier alpha value is -3.84. The molecule has 1 aliphatic rings. The second kappa shape index (κ2) is 10.3. The van der Waals surface area contributed by atoms with E-state index in [9.17, 15) is 27.7 Å². The molecule has 0 unspecified atom stereocenters. The van der Waals surface area contributed by atoms with E-state index in [1.807, 2.05) is 0 Å². The quantitative estimate of drug-likeness (QED) is 0.343. The van der Waals surface area contributed by atoms with E-state index in [1.165, 1.54) is 22.9 Å². The van der Waals surface area contributed by atoms with Gasteiger partial charge in [-0.05, 0) is 57.9 Å². The molecule has 0 aliphatic carbocycles. The number of halogens is 1. The summed E-state index contributed by atoms with van der Waals surface area (Å²) in [6.07, 6.45) is 1.73. The number of sulfonamides is 1. The second-order valence-electron chi connectivity index (χ2n) is 8.94. The van der Waals surface area contributed by atoms with Gasteiger partial charge in [-0.15, -0.1) is 0 Å². The van der Waals surface area contributed by atoms with Crippen LogP contribution in [-0.4, -0.2) is 53.1 Å². The fourth-order valence-corrected chi connectivity index (χ4v) is 5.44. The van der Waals surface area contributed by atoms with Crippen LogP contribution in [0.1, 0.15) is 42.7 Å². The van der Waals surface area contributed by atoms with Crippen molar-refractivity contribution in [2.24, 2.45) is 0 Å². The van der Waals surface area contributed by atoms with Crippen molar-refractivity contribution in [1.29, 1.82) is 0 Å². The number of carbonyl (C=O) groups is 1. The second-order valence-corrected chi connectivity index (χ2v) is 10.6. The lowest BCUT2D eigenvalue weighted by atomic mass is 10.2. The van der Waals surface area contributed by atoms with Crippen molar-refractivity contribution in [3.05, 3.63) is 69.7 Å². The highest BCUT2D eigenvalue weighted by atomic mass is 32.2. The molecule has 3 aromatic rings. The fraction of sp³-hybridized carbons (Fsp3) is 0.333. The number of carbonyl (C=O) groups excluding carboxylic acids is 1. The molecular formula is C24H26FN5O6S. The van der Waals surface area contributed by atoms with E-state index in [-0.39, 0.29) is 28.9 Å². The normalized spacial score (nSPS) is 13.8. The van der Waals surface area contributed by atoms with E-state index >= 15 is 0 Å². The van der Waals surface area contributed by atoms with E-state index in [4.69, 9.17) is 4.74 Å². The van der Waals surface area contributed by atoms with Crippen LogP contribution in [0.15, 0.2) is 47.4 Å². The van der Waals surface area contributed by atoms with Gasteiger partial charge in [0, 0.05) is 36.8 Å². The molecule has 1 amide bonds. The Kier molecular flexibility index (Phi) is 7.28. The molecule has 11 nitrogen and oxygen atoms in total. The molecule has 1 fully saturated rings. The summed E-state index contributed by atoms with van der Waals surface area (Å²) in [4.78, 5) is 25.0. The first-order valence-corrected chi connectivity index (χ1v) is 13.1. The van der Waals surface area contributed by atoms with Crippen molar-refractivity contribution in [2.45, 2.75) is 44.6 Å². The Morgan fingerprint density at radius 1 is 1.19 bits per heavy atom. The molecule has 0 saturated carbocycles. The number of nitrogens with zero attached hydrogens (tertiary/aromatic N) is 4. The summed E-state index contributed by atoms with van der Waals surface area (Å²) in [5.74, 6) is -1.13. The molecule has 1 N–H and O–H groups in total. The molecule has 0 bridgehead atoms. The van der Waals surface area contributed by atoms with E-state index in [0.29, 0.717) is 18.7 Å². The van der Waals surface area contributed by atoms with Gasteiger partial charge in [-0.1, -0.05) is 6.07 Å². The van der Waals surface area contributed by atoms with Gasteiger partial charge < -0.3 is 9.64 Å². The van der Waals surface area contributed by atoms with Crippen LogP contribution in [0.25, 0.3) is 5.69 Å². The number of hydrogen-bond donors (Lipinski definition) is 1. The number of nitrogens with one attached hydrogen (secondary N) is 1. The molecular weight excluding hydrogens is 505 g/mol. The molecule has 1 aromatic heterocycles. The zero-order valence-electron chi connectivity index (χ0n) is 20.5. The number of hydrogen-bond acceptors (Lipinski definition) is 7. The molecule has 2 aromatic carbocycles. The molecule has 196 valence electrons. The van der Waals surface area contributed by atoms with Gasteiger partial charge in [0.25, 0.3) is 11.6 Å². The number of nitro benzene ring substituents is 1. The van der Waals surface area contributed by atoms with Gasteiger partial charge in [0.1, 0.15) is 16.5 Å². The summed E-state index contributed by atoms with van der Waals surface area (Å²) in [5, 5.41) is 15.8. The maximum absolute atomic E-state index is 14.1. The van der Waals surface area contributed by atoms with Gasteiger partial charge in [-0.25, -0.2) is 17.5 Å². The fourth-order valence-electron chi connectivity index (χ4n) is 4.04. The standard InChI is InChI=1S/C24H26FN5O6S/c1-15(2)27-37(34,35)21-14-19(30(32)33)9-10-20(21)36-24-16(3)22(23(31)28-11-4-5-12-28)26-29(24)18-8-6-7-17(25)13-18/h6-10,13-15,27H,4-5,11-12H2,1-3H3. The van der Waals surface area contributed by atoms with Crippen molar-refractivity contribution in [1.82, 2.24) is 19.4 Å². The van der Waals surface area contributed by atoms with Gasteiger partial charge in [-0.2, -0.15) is 9.78 Å². The number of benzene rings is 2. The van der Waals surface area contributed by atoms with Crippen molar-refractivity contribution >= 4 is 21.6 Å². The SMILES string of the molecule is Cc1c(C(=O)N2CCCC2)nn(-c2cccc(F)c2)c1Oc1ccc([N+](=O)[O-])cc1S(=O)(=O)NC(C)C. The predicted octanol–water partition coefficient (Wildman–Crippen LogP) is 3.94. The van der Waals surface area contributed by atoms with Gasteiger partial charge in [0.15, 0.2) is 5.69 Å². The summed E-state index contributed by atoms with van der Waals surface area (Å²) < 4.78 is 49.8. The number of non-ortho nitro benzene ring substituents is 1. The highest BCUT2D eigenvalue weighted by Crippen LogP contribution is 2.36. The van der Waals surface area contributed by atoms with Crippen LogP contribution >= 0.6 is 0 Å². The van der Waals surface area contributed by atoms with Crippen molar-refractivity contribution in [3.8, 4) is 17.3 Å². The van der Waals surface area contributed by atoms with Gasteiger partial charge >= 0.3 is 0 Å². The first kappa shape index (κ1) is 26.2. The lowest BCUT2D eigenvalue weighted by Gasteiger charge is -2.15. The maximum atomic E-state index is 14.1. The molecule has 0 radical (unpaired) electrons. The van der Waals surface area contributed by atoms with E-state index in [1.54, 1.807) is 31.7 Å². The van der Waals surface area contributed by atoms with Crippen LogP contribution in [-0.2, 0) is 10.0 Å². The highest BCUT2D eigenvalue weighted by Gasteiger charge is 2.30. The van der Waals surface area contributed by atoms with Gasteiger partial charge in [-0.3, -0.25) is 14.9 Å². The van der Waals surface area contributed by atoms with Crippen LogP contribution in [0.2, 0.25) is 0 Å². The largest absolute Gasteiger partial charge is 0.437 e. The minimum atomic E-state index is -4.23. The van der Waals surface area contributed by atoms with Crippen molar-refractivity contribution in [2.75, 3.05) is 13.1 Å². The summed E-state index contributed by atoms with van der Waals surface area (Å²) in [7, 11) is -4.23. The number of likely N-dealkylation sites (tertiary alicyclic amines) is 1. The van der Waals surface area contributed by atoms with Gasteiger partial charge in [0.05, 0.1) is 10.6 Å². The Morgan fingerprint density at radius 2 is 1.89 bits per heavy atom. The summed E-state index contributed by atoms with van der Waals surface area (Å²) >= 11 is 0. The zero-order chi connectivity index (χ0) is 26.9. The van der Waals surface area contributed by atoms with E-state index in [0.717, 1.165) is 31.0 Å². The average Bonchev–Trinajstić information content (AvgIpc) is 3.47. The summed E-state index contributed by atoms with van der Waals surface area (Å²) in [6.45, 7) is 5.96. The smallest absolute Gasteiger partial charge is 0.274 e. The van der Waals surface area contributed by atoms with Crippen molar-refractivity contribution < 1.29 is 27.3 Å². The number of amides is 1. The lowest BCUT2D eigenvalue weighted by Crippen LogP contribution is -2.30. The summed E-state index contributed by atoms with van der Waals surface area (Å²) in [6, 6.07) is 8.12. The third-order valence-electron chi connectivity index (χ3n) is 5.74. The topological polar surface area (TPSA) is 137 Å². The third-order valence-corrected chi connectivity index (χ3v) is 7.42. The van der Waals surface area contributed by atoms with E-state index in [2.05, 4.69) is 9.82 Å². The molecule has 13 heteroatoms. The Balaban J connectivity index is 1.88. The molecule has 2 heterocycles. The molecule has 1 aliphatic heterocycles. The molecule has 37 heavy (non-hydrogen) atoms. The number of aromatic nitrogens is 2. The van der Waals surface area contributed by atoms with E-state index < -0.39 is 37.4 Å². The minimum absolute atomic E-state index is 0.0250. The number of rotatable bonds is 8. The predicted molar refractivity (Wildman–Crippen MR) is 132 cm³/mol. The lowest BCUT2D eigenvalue weighted by molar-refractivity contribution is -0.385. The highest BCUT2D eigenvalue weighted by molar-refractivity contribution is 7.89. The zero-order valence-corrected chi connectivity index (χ0v) is 21.3. The van der Waals surface area contributed by atoms with Crippen LogP contribution in [0.4, 0.5) is 10.1 Å². The first-order valence-electron chi connectivity index (χ1n) is 11.6. The van der Waals surface area contributed by atoms with Crippen LogP contribution in [0.3, 0.4) is 0 Å². The third kappa shape index (κ3) is 5.47. The summed E-state index contributed by atoms with van der Waals surface area (Å²) in [5.41, 5.74) is 0.175.